The van der Waals surface area contributed by atoms with E-state index < -0.39 is 0 Å². The largest absolute Gasteiger partial charge is 0.497 e. The molecule has 0 N–H and O–H groups in total. The van der Waals surface area contributed by atoms with Gasteiger partial charge >= 0.3 is 0 Å². The third-order valence-corrected chi connectivity index (χ3v) is 6.28. The lowest BCUT2D eigenvalue weighted by molar-refractivity contribution is 0.0755. The topological polar surface area (TPSA) is 15.7 Å². The Hall–Kier alpha value is -1.84. The second-order valence-electron chi connectivity index (χ2n) is 8.03. The maximum absolute atomic E-state index is 5.25. The Morgan fingerprint density at radius 3 is 1.96 bits per heavy atom. The van der Waals surface area contributed by atoms with Crippen LogP contribution < -0.4 is 4.74 Å². The summed E-state index contributed by atoms with van der Waals surface area (Å²) in [6.07, 6.45) is 7.17. The van der Waals surface area contributed by atoms with Gasteiger partial charge in [-0.2, -0.15) is 0 Å². The standard InChI is InChI=1S/C24H32N2O/c1-27-24-13-11-22(12-14-24)21-9-7-20(8-10-21)19-25-15-17-26(18-16-25)23-5-3-2-4-6-23/h7-14,23H,2-6,15-19H2,1H3. The highest BCUT2D eigenvalue weighted by Gasteiger charge is 2.24. The second-order valence-corrected chi connectivity index (χ2v) is 8.03. The third kappa shape index (κ3) is 4.72. The minimum Gasteiger partial charge on any atom is -0.497 e. The minimum absolute atomic E-state index is 0.865. The summed E-state index contributed by atoms with van der Waals surface area (Å²) in [6, 6.07) is 18.2. The fourth-order valence-corrected chi connectivity index (χ4v) is 4.58. The van der Waals surface area contributed by atoms with E-state index in [9.17, 15) is 0 Å². The number of benzene rings is 2. The maximum Gasteiger partial charge on any atom is 0.118 e. The van der Waals surface area contributed by atoms with Crippen LogP contribution in [0, 0.1) is 0 Å². The molecule has 1 saturated carbocycles. The molecule has 144 valence electrons. The van der Waals surface area contributed by atoms with Crippen LogP contribution in [0.2, 0.25) is 0 Å². The molecule has 0 spiro atoms. The molecule has 0 aromatic heterocycles. The first-order chi connectivity index (χ1) is 13.3. The summed E-state index contributed by atoms with van der Waals surface area (Å²) in [5.74, 6) is 0.905. The predicted molar refractivity (Wildman–Crippen MR) is 112 cm³/mol. The molecule has 1 aliphatic carbocycles. The van der Waals surface area contributed by atoms with Crippen molar-refractivity contribution >= 4 is 0 Å². The van der Waals surface area contributed by atoms with Crippen molar-refractivity contribution < 1.29 is 4.74 Å². The Morgan fingerprint density at radius 1 is 0.778 bits per heavy atom. The Balaban J connectivity index is 1.30. The first-order valence-corrected chi connectivity index (χ1v) is 10.5. The number of rotatable bonds is 5. The Kier molecular flexibility index (Phi) is 6.10. The van der Waals surface area contributed by atoms with Gasteiger partial charge in [-0.3, -0.25) is 9.80 Å². The molecule has 2 fully saturated rings. The molecule has 0 atom stereocenters. The van der Waals surface area contributed by atoms with E-state index in [0.717, 1.165) is 18.3 Å². The van der Waals surface area contributed by atoms with Crippen molar-refractivity contribution in [1.29, 1.82) is 0 Å². The van der Waals surface area contributed by atoms with Crippen LogP contribution in [0.15, 0.2) is 48.5 Å². The molecular weight excluding hydrogens is 332 g/mol. The van der Waals surface area contributed by atoms with E-state index in [1.54, 1.807) is 7.11 Å². The molecule has 0 amide bonds. The molecule has 1 aliphatic heterocycles. The molecule has 1 saturated heterocycles. The van der Waals surface area contributed by atoms with Crippen molar-refractivity contribution in [1.82, 2.24) is 9.80 Å². The van der Waals surface area contributed by atoms with Crippen LogP contribution in [-0.4, -0.2) is 49.1 Å². The maximum atomic E-state index is 5.25. The number of methoxy groups -OCH3 is 1. The van der Waals surface area contributed by atoms with Gasteiger partial charge in [-0.1, -0.05) is 55.7 Å². The Bertz CT molecular complexity index is 696. The SMILES string of the molecule is COc1ccc(-c2ccc(CN3CCN(C4CCCCC4)CC3)cc2)cc1. The van der Waals surface area contributed by atoms with Gasteiger partial charge in [-0.05, 0) is 41.7 Å². The van der Waals surface area contributed by atoms with E-state index in [4.69, 9.17) is 4.74 Å². The van der Waals surface area contributed by atoms with Crippen LogP contribution in [0.25, 0.3) is 11.1 Å². The number of hydrogen-bond donors (Lipinski definition) is 0. The average Bonchev–Trinajstić information content (AvgIpc) is 2.76. The van der Waals surface area contributed by atoms with Gasteiger partial charge in [0, 0.05) is 38.8 Å². The van der Waals surface area contributed by atoms with Gasteiger partial charge in [0.2, 0.25) is 0 Å². The van der Waals surface area contributed by atoms with E-state index in [1.165, 1.54) is 75.0 Å². The van der Waals surface area contributed by atoms with Gasteiger partial charge in [-0.15, -0.1) is 0 Å². The Labute approximate surface area is 163 Å². The van der Waals surface area contributed by atoms with Crippen LogP contribution in [0.4, 0.5) is 0 Å². The summed E-state index contributed by atoms with van der Waals surface area (Å²) < 4.78 is 5.25. The molecule has 2 aromatic rings. The van der Waals surface area contributed by atoms with Gasteiger partial charge in [0.15, 0.2) is 0 Å². The molecule has 0 unspecified atom stereocenters. The van der Waals surface area contributed by atoms with Gasteiger partial charge in [0.05, 0.1) is 7.11 Å². The third-order valence-electron chi connectivity index (χ3n) is 6.28. The van der Waals surface area contributed by atoms with Crippen molar-refractivity contribution in [3.63, 3.8) is 0 Å². The van der Waals surface area contributed by atoms with Crippen molar-refractivity contribution in [2.24, 2.45) is 0 Å². The summed E-state index contributed by atoms with van der Waals surface area (Å²) in [5, 5.41) is 0. The van der Waals surface area contributed by atoms with Crippen molar-refractivity contribution in [2.45, 2.75) is 44.7 Å². The molecule has 1 heterocycles. The predicted octanol–water partition coefficient (Wildman–Crippen LogP) is 4.81. The van der Waals surface area contributed by atoms with Crippen LogP contribution in [-0.2, 0) is 6.54 Å². The lowest BCUT2D eigenvalue weighted by Crippen LogP contribution is -2.50. The molecule has 0 bridgehead atoms. The van der Waals surface area contributed by atoms with E-state index in [2.05, 4.69) is 46.2 Å². The van der Waals surface area contributed by atoms with Crippen molar-refractivity contribution in [3.8, 4) is 16.9 Å². The van der Waals surface area contributed by atoms with Gasteiger partial charge in [0.25, 0.3) is 0 Å². The van der Waals surface area contributed by atoms with Crippen molar-refractivity contribution in [3.05, 3.63) is 54.1 Å². The van der Waals surface area contributed by atoms with Crippen LogP contribution in [0.5, 0.6) is 5.75 Å². The summed E-state index contributed by atoms with van der Waals surface area (Å²) >= 11 is 0. The van der Waals surface area contributed by atoms with Crippen LogP contribution in [0.1, 0.15) is 37.7 Å². The highest BCUT2D eigenvalue weighted by molar-refractivity contribution is 5.64. The number of piperazine rings is 1. The fraction of sp³-hybridized carbons (Fsp3) is 0.500. The monoisotopic (exact) mass is 364 g/mol. The average molecular weight is 365 g/mol. The van der Waals surface area contributed by atoms with E-state index in [1.807, 2.05) is 12.1 Å². The molecule has 0 radical (unpaired) electrons. The van der Waals surface area contributed by atoms with Gasteiger partial charge in [0.1, 0.15) is 5.75 Å². The highest BCUT2D eigenvalue weighted by atomic mass is 16.5. The highest BCUT2D eigenvalue weighted by Crippen LogP contribution is 2.25. The molecule has 4 rings (SSSR count). The van der Waals surface area contributed by atoms with Gasteiger partial charge in [-0.25, -0.2) is 0 Å². The minimum atomic E-state index is 0.865. The zero-order valence-corrected chi connectivity index (χ0v) is 16.6. The van der Waals surface area contributed by atoms with E-state index in [-0.39, 0.29) is 0 Å². The fourth-order valence-electron chi connectivity index (χ4n) is 4.58. The smallest absolute Gasteiger partial charge is 0.118 e. The van der Waals surface area contributed by atoms with Crippen LogP contribution in [0.3, 0.4) is 0 Å². The normalized spacial score (nSPS) is 19.9. The van der Waals surface area contributed by atoms with E-state index >= 15 is 0 Å². The number of ether oxygens (including phenoxy) is 1. The number of nitrogens with zero attached hydrogens (tertiary/aromatic N) is 2. The van der Waals surface area contributed by atoms with Crippen LogP contribution >= 0.6 is 0 Å². The number of hydrogen-bond acceptors (Lipinski definition) is 3. The lowest BCUT2D eigenvalue weighted by atomic mass is 9.94. The molecular formula is C24H32N2O. The molecule has 2 aliphatic rings. The summed E-state index contributed by atoms with van der Waals surface area (Å²) in [5.41, 5.74) is 3.92. The zero-order valence-electron chi connectivity index (χ0n) is 16.6. The first-order valence-electron chi connectivity index (χ1n) is 10.5. The summed E-state index contributed by atoms with van der Waals surface area (Å²) in [4.78, 5) is 5.37. The van der Waals surface area contributed by atoms with E-state index in [0.29, 0.717) is 0 Å². The summed E-state index contributed by atoms with van der Waals surface area (Å²) in [7, 11) is 1.71. The summed E-state index contributed by atoms with van der Waals surface area (Å²) in [6.45, 7) is 5.97. The lowest BCUT2D eigenvalue weighted by Gasteiger charge is -2.40. The Morgan fingerprint density at radius 2 is 1.37 bits per heavy atom. The second kappa shape index (κ2) is 8.90. The molecule has 3 nitrogen and oxygen atoms in total. The molecule has 3 heteroatoms. The molecule has 2 aromatic carbocycles. The first kappa shape index (κ1) is 18.5. The quantitative estimate of drug-likeness (QED) is 0.757. The van der Waals surface area contributed by atoms with Crippen molar-refractivity contribution in [2.75, 3.05) is 33.3 Å². The molecule has 27 heavy (non-hydrogen) atoms. The van der Waals surface area contributed by atoms with Gasteiger partial charge < -0.3 is 4.74 Å². The zero-order chi connectivity index (χ0) is 18.5.